The van der Waals surface area contributed by atoms with Crippen molar-refractivity contribution in [1.82, 2.24) is 9.97 Å². The number of anilines is 2. The summed E-state index contributed by atoms with van der Waals surface area (Å²) >= 11 is 0. The molecule has 0 saturated carbocycles. The Bertz CT molecular complexity index is 2710. The number of hydrogen-bond acceptors (Lipinski definition) is 16. The fourth-order valence-corrected chi connectivity index (χ4v) is 8.91. The van der Waals surface area contributed by atoms with Gasteiger partial charge in [-0.25, -0.2) is 4.79 Å². The summed E-state index contributed by atoms with van der Waals surface area (Å²) in [4.78, 5) is 52.6. The van der Waals surface area contributed by atoms with Gasteiger partial charge in [0.15, 0.2) is 5.60 Å². The summed E-state index contributed by atoms with van der Waals surface area (Å²) < 4.78 is 55.2. The molecule has 0 unspecified atom stereocenters. The lowest BCUT2D eigenvalue weighted by molar-refractivity contribution is -0.132. The second kappa shape index (κ2) is 20.1. The van der Waals surface area contributed by atoms with Gasteiger partial charge in [-0.1, -0.05) is 12.1 Å². The van der Waals surface area contributed by atoms with E-state index in [1.54, 1.807) is 93.6 Å². The molecule has 0 N–H and O–H groups in total. The predicted octanol–water partition coefficient (Wildman–Crippen LogP) is 7.62. The van der Waals surface area contributed by atoms with Crippen molar-refractivity contribution in [2.24, 2.45) is 0 Å². The standard InChI is InChI=1S/C52H50N4O12/c1-33(57)65-46-31-48-41(27-37(46)35-9-13-53-14-10-35)52(42-28-38(36-11-15-54-16-12-36)47(66-34(2)58)32-49(42)67-48)40-30-50(61-4)44(29-39(40)51(59)68-52)56-19-22-62-21-17-55(18-23-63-25-26-64-24-20-56)43-7-5-6-8-45(43)60-3/h5-16,27-32H,17-26H2,1-4H3. The minimum atomic E-state index is -1.68. The first kappa shape index (κ1) is 45.6. The number of aromatic nitrogens is 2. The van der Waals surface area contributed by atoms with Gasteiger partial charge in [0, 0.05) is 105 Å². The second-order valence-electron chi connectivity index (χ2n) is 16.1. The Morgan fingerprint density at radius 2 is 1.03 bits per heavy atom. The van der Waals surface area contributed by atoms with Crippen LogP contribution in [0.15, 0.2) is 110 Å². The van der Waals surface area contributed by atoms with Crippen LogP contribution in [0.2, 0.25) is 0 Å². The molecule has 2 aromatic heterocycles. The van der Waals surface area contributed by atoms with E-state index in [-0.39, 0.29) is 28.6 Å². The maximum atomic E-state index is 14.8. The van der Waals surface area contributed by atoms with E-state index in [0.29, 0.717) is 116 Å². The predicted molar refractivity (Wildman–Crippen MR) is 250 cm³/mol. The maximum absolute atomic E-state index is 14.8. The molecule has 0 aliphatic carbocycles. The van der Waals surface area contributed by atoms with Crippen molar-refractivity contribution < 1.29 is 57.0 Å². The lowest BCUT2D eigenvalue weighted by atomic mass is 9.75. The van der Waals surface area contributed by atoms with Gasteiger partial charge < -0.3 is 52.4 Å². The molecule has 16 nitrogen and oxygen atoms in total. The summed E-state index contributed by atoms with van der Waals surface area (Å²) in [6, 6.07) is 25.4. The number of methoxy groups -OCH3 is 2. The first-order valence-corrected chi connectivity index (χ1v) is 22.2. The summed E-state index contributed by atoms with van der Waals surface area (Å²) in [6.07, 6.45) is 6.52. The van der Waals surface area contributed by atoms with Crippen molar-refractivity contribution in [3.63, 3.8) is 0 Å². The molecular weight excluding hydrogens is 873 g/mol. The summed E-state index contributed by atoms with van der Waals surface area (Å²) in [5.41, 5.74) is 3.93. The van der Waals surface area contributed by atoms with E-state index >= 15 is 0 Å². The molecule has 3 aliphatic heterocycles. The van der Waals surface area contributed by atoms with E-state index in [4.69, 9.17) is 42.6 Å². The number of nitrogens with zero attached hydrogens (tertiary/aromatic N) is 4. The minimum absolute atomic E-state index is 0.202. The molecule has 0 radical (unpaired) electrons. The quantitative estimate of drug-likeness (QED) is 0.108. The number of para-hydroxylation sites is 2. The molecule has 1 fully saturated rings. The fraction of sp³-hybridized carbons (Fsp3) is 0.288. The normalized spacial score (nSPS) is 15.9. The molecule has 5 heterocycles. The van der Waals surface area contributed by atoms with E-state index in [9.17, 15) is 14.4 Å². The third kappa shape index (κ3) is 9.13. The number of carbonyl (C=O) groups excluding carboxylic acids is 3. The molecule has 0 atom stereocenters. The molecule has 16 heteroatoms. The van der Waals surface area contributed by atoms with Gasteiger partial charge in [-0.05, 0) is 71.8 Å². The molecule has 350 valence electrons. The zero-order valence-corrected chi connectivity index (χ0v) is 38.2. The third-order valence-electron chi connectivity index (χ3n) is 12.0. The van der Waals surface area contributed by atoms with Crippen LogP contribution < -0.4 is 33.5 Å². The van der Waals surface area contributed by atoms with Crippen LogP contribution in [-0.4, -0.2) is 108 Å². The van der Waals surface area contributed by atoms with E-state index in [1.165, 1.54) is 13.8 Å². The molecule has 68 heavy (non-hydrogen) atoms. The van der Waals surface area contributed by atoms with Gasteiger partial charge in [0.25, 0.3) is 0 Å². The van der Waals surface area contributed by atoms with Crippen LogP contribution in [0.5, 0.6) is 34.5 Å². The van der Waals surface area contributed by atoms with Crippen LogP contribution in [0.1, 0.15) is 40.9 Å². The van der Waals surface area contributed by atoms with Crippen LogP contribution in [0.4, 0.5) is 11.4 Å². The van der Waals surface area contributed by atoms with Gasteiger partial charge in [-0.2, -0.15) is 0 Å². The Balaban J connectivity index is 1.16. The van der Waals surface area contributed by atoms with Gasteiger partial charge in [-0.3, -0.25) is 19.6 Å². The number of hydrogen-bond donors (Lipinski definition) is 0. The van der Waals surface area contributed by atoms with Crippen molar-refractivity contribution in [2.45, 2.75) is 19.4 Å². The van der Waals surface area contributed by atoms with Crippen LogP contribution in [0.3, 0.4) is 0 Å². The summed E-state index contributed by atoms with van der Waals surface area (Å²) in [6.45, 7) is 7.16. The molecule has 9 rings (SSSR count). The summed E-state index contributed by atoms with van der Waals surface area (Å²) in [7, 11) is 3.23. The highest BCUT2D eigenvalue weighted by molar-refractivity contribution is 5.99. The van der Waals surface area contributed by atoms with Crippen molar-refractivity contribution in [3.05, 3.63) is 132 Å². The highest BCUT2D eigenvalue weighted by atomic mass is 16.6. The van der Waals surface area contributed by atoms with E-state index in [1.807, 2.05) is 30.3 Å². The van der Waals surface area contributed by atoms with Gasteiger partial charge in [0.2, 0.25) is 0 Å². The molecule has 0 amide bonds. The van der Waals surface area contributed by atoms with Gasteiger partial charge in [0.1, 0.15) is 34.5 Å². The minimum Gasteiger partial charge on any atom is -0.495 e. The lowest BCUT2D eigenvalue weighted by Crippen LogP contribution is -2.34. The first-order chi connectivity index (χ1) is 33.2. The first-order valence-electron chi connectivity index (χ1n) is 22.2. The average molecular weight is 923 g/mol. The van der Waals surface area contributed by atoms with Crippen molar-refractivity contribution in [1.29, 1.82) is 0 Å². The van der Waals surface area contributed by atoms with E-state index < -0.39 is 23.5 Å². The lowest BCUT2D eigenvalue weighted by Gasteiger charge is -2.38. The van der Waals surface area contributed by atoms with Crippen LogP contribution in [-0.2, 0) is 34.1 Å². The van der Waals surface area contributed by atoms with Gasteiger partial charge in [0.05, 0.1) is 70.8 Å². The number of ether oxygens (including phenoxy) is 9. The Labute approximate surface area is 393 Å². The van der Waals surface area contributed by atoms with E-state index in [2.05, 4.69) is 19.8 Å². The van der Waals surface area contributed by atoms with Gasteiger partial charge >= 0.3 is 17.9 Å². The average Bonchev–Trinajstić information content (AvgIpc) is 3.62. The van der Waals surface area contributed by atoms with Crippen LogP contribution in [0.25, 0.3) is 22.3 Å². The number of fused-ring (bicyclic) bond motifs is 6. The monoisotopic (exact) mass is 922 g/mol. The Morgan fingerprint density at radius 3 is 1.53 bits per heavy atom. The number of pyridine rings is 2. The molecule has 0 bridgehead atoms. The molecule has 3 aliphatic rings. The number of esters is 3. The number of benzene rings is 4. The smallest absolute Gasteiger partial charge is 0.340 e. The molecule has 4 aromatic carbocycles. The zero-order valence-electron chi connectivity index (χ0n) is 38.2. The molecule has 1 spiro atoms. The van der Waals surface area contributed by atoms with Crippen molar-refractivity contribution in [3.8, 4) is 56.8 Å². The Morgan fingerprint density at radius 1 is 0.544 bits per heavy atom. The summed E-state index contributed by atoms with van der Waals surface area (Å²) in [5, 5.41) is 0. The van der Waals surface area contributed by atoms with Crippen LogP contribution in [0, 0.1) is 0 Å². The Hall–Kier alpha value is -7.53. The topological polar surface area (TPSA) is 167 Å². The SMILES string of the molecule is COc1ccccc1N1CCOCCOCCN(c2cc3c(cc2OC)C2(OC3=O)c3cc(-c4ccncc4)c(OC(C)=O)cc3Oc3cc(OC(C)=O)c(-c4ccncc4)cc32)CCOCC1. The van der Waals surface area contributed by atoms with Crippen LogP contribution >= 0.6 is 0 Å². The fourth-order valence-electron chi connectivity index (χ4n) is 8.91. The van der Waals surface area contributed by atoms with E-state index in [0.717, 1.165) is 11.4 Å². The number of rotatable bonds is 8. The highest BCUT2D eigenvalue weighted by Gasteiger charge is 2.55. The number of carbonyl (C=O) groups is 3. The highest BCUT2D eigenvalue weighted by Crippen LogP contribution is 2.60. The van der Waals surface area contributed by atoms with Crippen molar-refractivity contribution >= 4 is 29.3 Å². The Kier molecular flexibility index (Phi) is 13.5. The maximum Gasteiger partial charge on any atom is 0.340 e. The molecular formula is C52H50N4O12. The largest absolute Gasteiger partial charge is 0.495 e. The molecule has 1 saturated heterocycles. The third-order valence-corrected chi connectivity index (χ3v) is 12.0. The zero-order chi connectivity index (χ0) is 47.2. The summed E-state index contributed by atoms with van der Waals surface area (Å²) in [5.74, 6) is 0.370. The van der Waals surface area contributed by atoms with Crippen molar-refractivity contribution in [2.75, 3.05) is 89.8 Å². The second-order valence-corrected chi connectivity index (χ2v) is 16.1. The van der Waals surface area contributed by atoms with Gasteiger partial charge in [-0.15, -0.1) is 0 Å². The molecule has 6 aromatic rings.